The Hall–Kier alpha value is -2.32. The third kappa shape index (κ3) is 6.37. The lowest BCUT2D eigenvalue weighted by molar-refractivity contribution is -0.118. The van der Waals surface area contributed by atoms with Gasteiger partial charge in [-0.15, -0.1) is 0 Å². The minimum atomic E-state index is -3.08. The molecule has 2 atom stereocenters. The molecular formula is C31H39N3O3S2. The summed E-state index contributed by atoms with van der Waals surface area (Å²) in [7, 11) is -3.08. The van der Waals surface area contributed by atoms with Gasteiger partial charge in [-0.3, -0.25) is 4.79 Å². The number of piperidine rings is 1. The van der Waals surface area contributed by atoms with Gasteiger partial charge in [0.1, 0.15) is 0 Å². The Morgan fingerprint density at radius 2 is 1.56 bits per heavy atom. The Labute approximate surface area is 237 Å². The molecule has 0 spiro atoms. The Morgan fingerprint density at radius 3 is 2.28 bits per heavy atom. The summed E-state index contributed by atoms with van der Waals surface area (Å²) in [6, 6.07) is 19.1. The molecule has 2 aromatic rings. The van der Waals surface area contributed by atoms with E-state index in [1.54, 1.807) is 0 Å². The Kier molecular flexibility index (Phi) is 8.03. The molecule has 1 amide bonds. The molecule has 0 unspecified atom stereocenters. The summed E-state index contributed by atoms with van der Waals surface area (Å²) < 4.78 is 24.9. The molecule has 1 aliphatic carbocycles. The lowest BCUT2D eigenvalue weighted by atomic mass is 9.90. The lowest BCUT2D eigenvalue weighted by Gasteiger charge is -2.34. The van der Waals surface area contributed by atoms with Gasteiger partial charge in [0, 0.05) is 36.1 Å². The lowest BCUT2D eigenvalue weighted by Crippen LogP contribution is -2.38. The molecule has 4 aliphatic rings. The molecule has 6 nitrogen and oxygen atoms in total. The summed E-state index contributed by atoms with van der Waals surface area (Å²) in [5.74, 6) is 1.57. The van der Waals surface area contributed by atoms with Gasteiger partial charge in [0.05, 0.1) is 17.5 Å². The highest BCUT2D eigenvalue weighted by Gasteiger charge is 2.49. The Balaban J connectivity index is 1.12. The molecule has 0 N–H and O–H groups in total. The minimum Gasteiger partial charge on any atom is -0.372 e. The van der Waals surface area contributed by atoms with Crippen LogP contribution in [0.3, 0.4) is 0 Å². The maximum Gasteiger partial charge on any atom is 0.248 e. The number of hydrogen-bond donors (Lipinski definition) is 0. The third-order valence-corrected chi connectivity index (χ3v) is 12.2. The van der Waals surface area contributed by atoms with E-state index in [1.165, 1.54) is 61.5 Å². The van der Waals surface area contributed by atoms with Gasteiger partial charge < -0.3 is 9.80 Å². The zero-order valence-corrected chi connectivity index (χ0v) is 24.2. The van der Waals surface area contributed by atoms with Crippen molar-refractivity contribution >= 4 is 44.0 Å². The summed E-state index contributed by atoms with van der Waals surface area (Å²) in [5, 5.41) is 0.602. The van der Waals surface area contributed by atoms with Gasteiger partial charge in [0.25, 0.3) is 0 Å². The fourth-order valence-corrected chi connectivity index (χ4v) is 10.8. The van der Waals surface area contributed by atoms with Crippen molar-refractivity contribution in [2.24, 2.45) is 16.8 Å². The van der Waals surface area contributed by atoms with Gasteiger partial charge in [-0.1, -0.05) is 67.8 Å². The van der Waals surface area contributed by atoms with Gasteiger partial charge >= 0.3 is 0 Å². The van der Waals surface area contributed by atoms with Gasteiger partial charge in [-0.05, 0) is 67.3 Å². The number of rotatable bonds is 7. The van der Waals surface area contributed by atoms with E-state index in [0.29, 0.717) is 17.5 Å². The van der Waals surface area contributed by atoms with E-state index in [-0.39, 0.29) is 28.7 Å². The van der Waals surface area contributed by atoms with Crippen molar-refractivity contribution in [1.82, 2.24) is 0 Å². The summed E-state index contributed by atoms with van der Waals surface area (Å²) in [6.07, 6.45) is 9.91. The van der Waals surface area contributed by atoms with Gasteiger partial charge in [0.2, 0.25) is 5.91 Å². The predicted molar refractivity (Wildman–Crippen MR) is 161 cm³/mol. The number of aliphatic imine (C=N–C) groups is 1. The van der Waals surface area contributed by atoms with E-state index in [4.69, 9.17) is 0 Å². The third-order valence-electron chi connectivity index (χ3n) is 9.00. The molecule has 0 bridgehead atoms. The molecule has 8 heteroatoms. The van der Waals surface area contributed by atoms with Gasteiger partial charge in [-0.25, -0.2) is 8.42 Å². The van der Waals surface area contributed by atoms with E-state index < -0.39 is 9.84 Å². The van der Waals surface area contributed by atoms with E-state index in [1.807, 2.05) is 4.90 Å². The maximum absolute atomic E-state index is 12.8. The number of benzene rings is 2. The first-order valence-electron chi connectivity index (χ1n) is 14.6. The van der Waals surface area contributed by atoms with Crippen LogP contribution in [0.1, 0.15) is 56.9 Å². The number of carbonyl (C=O) groups excluding carboxylic acids is 1. The monoisotopic (exact) mass is 565 g/mol. The second-order valence-corrected chi connectivity index (χ2v) is 15.1. The number of fused-ring (bicyclic) bond motifs is 1. The largest absolute Gasteiger partial charge is 0.372 e. The summed E-state index contributed by atoms with van der Waals surface area (Å²) in [4.78, 5) is 21.9. The number of amidine groups is 1. The molecule has 6 rings (SSSR count). The molecule has 39 heavy (non-hydrogen) atoms. The average Bonchev–Trinajstić information content (AvgIpc) is 3.63. The number of anilines is 2. The van der Waals surface area contributed by atoms with Crippen LogP contribution < -0.4 is 9.80 Å². The van der Waals surface area contributed by atoms with E-state index >= 15 is 0 Å². The molecule has 2 aromatic carbocycles. The van der Waals surface area contributed by atoms with E-state index in [2.05, 4.69) is 64.5 Å². The van der Waals surface area contributed by atoms with Crippen LogP contribution in [0.4, 0.5) is 11.4 Å². The zero-order chi connectivity index (χ0) is 26.8. The van der Waals surface area contributed by atoms with Crippen molar-refractivity contribution < 1.29 is 13.2 Å². The molecule has 208 valence electrons. The first-order chi connectivity index (χ1) is 18.9. The second kappa shape index (κ2) is 11.7. The number of thioether (sulfide) groups is 1. The van der Waals surface area contributed by atoms with Crippen molar-refractivity contribution in [3.05, 3.63) is 60.2 Å². The molecule has 1 saturated carbocycles. The van der Waals surface area contributed by atoms with Crippen LogP contribution in [-0.4, -0.2) is 55.4 Å². The van der Waals surface area contributed by atoms with Gasteiger partial charge in [-0.2, -0.15) is 4.99 Å². The van der Waals surface area contributed by atoms with Crippen molar-refractivity contribution in [2.45, 2.75) is 69.1 Å². The molecule has 3 aliphatic heterocycles. The maximum atomic E-state index is 12.8. The fraction of sp³-hybridized carbons (Fsp3) is 0.548. The van der Waals surface area contributed by atoms with Crippen LogP contribution in [0.2, 0.25) is 0 Å². The van der Waals surface area contributed by atoms with Crippen LogP contribution in [0.25, 0.3) is 0 Å². The Morgan fingerprint density at radius 1 is 0.872 bits per heavy atom. The van der Waals surface area contributed by atoms with Crippen molar-refractivity contribution in [2.75, 3.05) is 34.4 Å². The number of nitrogens with zero attached hydrogens (tertiary/aromatic N) is 3. The van der Waals surface area contributed by atoms with E-state index in [0.717, 1.165) is 37.5 Å². The quantitative estimate of drug-likeness (QED) is 0.428. The smallest absolute Gasteiger partial charge is 0.248 e. The SMILES string of the molecule is O=C(CCC1CCCC1)N=C1S[C@H]2CS(=O)(=O)C[C@@H]2N1c1ccc(N2CCC(Cc3ccccc3)CC2)cc1. The molecule has 0 radical (unpaired) electrons. The van der Waals surface area contributed by atoms with Crippen molar-refractivity contribution in [3.63, 3.8) is 0 Å². The summed E-state index contributed by atoms with van der Waals surface area (Å²) >= 11 is 1.47. The number of amides is 1. The number of hydrogen-bond acceptors (Lipinski definition) is 5. The number of carbonyl (C=O) groups is 1. The molecule has 3 saturated heterocycles. The first-order valence-corrected chi connectivity index (χ1v) is 17.3. The first kappa shape index (κ1) is 26.9. The van der Waals surface area contributed by atoms with Crippen LogP contribution in [-0.2, 0) is 21.1 Å². The molecule has 0 aromatic heterocycles. The van der Waals surface area contributed by atoms with E-state index in [9.17, 15) is 13.2 Å². The van der Waals surface area contributed by atoms with Crippen LogP contribution in [0.5, 0.6) is 0 Å². The minimum absolute atomic E-state index is 0.0697. The number of sulfone groups is 1. The molecular weight excluding hydrogens is 526 g/mol. The van der Waals surface area contributed by atoms with Gasteiger partial charge in [0.15, 0.2) is 15.0 Å². The second-order valence-electron chi connectivity index (χ2n) is 11.8. The highest BCUT2D eigenvalue weighted by molar-refractivity contribution is 8.16. The topological polar surface area (TPSA) is 70.0 Å². The zero-order valence-electron chi connectivity index (χ0n) is 22.6. The Bertz CT molecular complexity index is 1280. The average molecular weight is 566 g/mol. The van der Waals surface area contributed by atoms with Crippen molar-refractivity contribution in [1.29, 1.82) is 0 Å². The standard InChI is InChI=1S/C31H39N3O3S2/c35-30(15-10-23-6-4-5-7-23)32-31-34(28-21-39(36,37)22-29(28)38-31)27-13-11-26(12-14-27)33-18-16-25(17-19-33)20-24-8-2-1-3-9-24/h1-3,8-9,11-14,23,25,28-29H,4-7,10,15-22H2/t28-,29-/m0/s1. The van der Waals surface area contributed by atoms with Crippen molar-refractivity contribution in [3.8, 4) is 0 Å². The highest BCUT2D eigenvalue weighted by atomic mass is 32.2. The predicted octanol–water partition coefficient (Wildman–Crippen LogP) is 5.72. The van der Waals surface area contributed by atoms with Crippen LogP contribution in [0, 0.1) is 11.8 Å². The summed E-state index contributed by atoms with van der Waals surface area (Å²) in [5.41, 5.74) is 3.55. The fourth-order valence-electron chi connectivity index (χ4n) is 6.82. The highest BCUT2D eigenvalue weighted by Crippen LogP contribution is 2.41. The molecule has 4 fully saturated rings. The van der Waals surface area contributed by atoms with Crippen LogP contribution in [0.15, 0.2) is 59.6 Å². The van der Waals surface area contributed by atoms with Crippen LogP contribution >= 0.6 is 11.8 Å². The summed E-state index contributed by atoms with van der Waals surface area (Å²) in [6.45, 7) is 2.09. The molecule has 3 heterocycles. The normalized spacial score (nSPS) is 26.4.